The van der Waals surface area contributed by atoms with Gasteiger partial charge in [0.2, 0.25) is 0 Å². The monoisotopic (exact) mass is 582 g/mol. The highest BCUT2D eigenvalue weighted by Gasteiger charge is 2.29. The second-order valence-corrected chi connectivity index (χ2v) is 14.2. The fourth-order valence-electron chi connectivity index (χ4n) is 8.38. The summed E-state index contributed by atoms with van der Waals surface area (Å²) in [4.78, 5) is 0. The number of fused-ring (bicyclic) bond motifs is 2. The van der Waals surface area contributed by atoms with E-state index in [0.717, 1.165) is 0 Å². The number of rotatable bonds is 2. The van der Waals surface area contributed by atoms with Crippen LogP contribution in [0.15, 0.2) is 0 Å². The Hall–Kier alpha value is -3.38. The molecule has 0 amide bonds. The Balaban J connectivity index is 2.35. The summed E-state index contributed by atoms with van der Waals surface area (Å²) in [5, 5.41) is 5.79. The van der Waals surface area contributed by atoms with Crippen molar-refractivity contribution in [2.24, 2.45) is 0 Å². The van der Waals surface area contributed by atoms with Crippen molar-refractivity contribution in [2.75, 3.05) is 0 Å². The molecular weight excluding hydrogens is 528 g/mol. The maximum Gasteiger partial charge on any atom is -0.00151 e. The van der Waals surface area contributed by atoms with Gasteiger partial charge < -0.3 is 0 Å². The Morgan fingerprint density at radius 2 is 0.273 bits per heavy atom. The molecular formula is C44H54. The molecule has 0 aliphatic carbocycles. The molecule has 5 rings (SSSR count). The van der Waals surface area contributed by atoms with Crippen LogP contribution in [0.5, 0.6) is 0 Å². The van der Waals surface area contributed by atoms with Gasteiger partial charge in [0.05, 0.1) is 0 Å². The van der Waals surface area contributed by atoms with E-state index >= 15 is 0 Å². The molecule has 230 valence electrons. The molecule has 0 aliphatic heterocycles. The van der Waals surface area contributed by atoms with Crippen LogP contribution in [-0.4, -0.2) is 0 Å². The lowest BCUT2D eigenvalue weighted by molar-refractivity contribution is 1.17. The zero-order valence-electron chi connectivity index (χ0n) is 31.0. The molecule has 0 N–H and O–H groups in total. The van der Waals surface area contributed by atoms with E-state index < -0.39 is 0 Å². The predicted octanol–water partition coefficient (Wildman–Crippen LogP) is 12.9. The minimum absolute atomic E-state index is 1.42. The normalized spacial score (nSPS) is 11.9. The van der Waals surface area contributed by atoms with Crippen LogP contribution in [-0.2, 0) is 0 Å². The summed E-state index contributed by atoms with van der Waals surface area (Å²) in [6, 6.07) is 0. The first-order chi connectivity index (χ1) is 20.4. The highest BCUT2D eigenvalue weighted by Crippen LogP contribution is 2.53. The third-order valence-corrected chi connectivity index (χ3v) is 12.9. The van der Waals surface area contributed by atoms with E-state index in [1.165, 1.54) is 144 Å². The summed E-state index contributed by atoms with van der Waals surface area (Å²) in [6.45, 7) is 42.2. The summed E-state index contributed by atoms with van der Waals surface area (Å²) in [5.41, 5.74) is 31.3. The van der Waals surface area contributed by atoms with Gasteiger partial charge in [0.15, 0.2) is 0 Å². The van der Waals surface area contributed by atoms with Crippen molar-refractivity contribution in [3.63, 3.8) is 0 Å². The minimum atomic E-state index is 1.42. The van der Waals surface area contributed by atoms with Crippen LogP contribution in [0, 0.1) is 125 Å². The second kappa shape index (κ2) is 10.6. The molecule has 0 saturated heterocycles. The molecule has 0 heterocycles. The molecule has 0 spiro atoms. The van der Waals surface area contributed by atoms with Crippen LogP contribution in [0.2, 0.25) is 0 Å². The Bertz CT molecular complexity index is 1820. The van der Waals surface area contributed by atoms with E-state index in [1.807, 2.05) is 0 Å². The lowest BCUT2D eigenvalue weighted by Gasteiger charge is -2.30. The van der Waals surface area contributed by atoms with Crippen LogP contribution in [0.4, 0.5) is 0 Å². The Morgan fingerprint density at radius 3 is 0.455 bits per heavy atom. The summed E-state index contributed by atoms with van der Waals surface area (Å²) < 4.78 is 0. The Morgan fingerprint density at radius 1 is 0.136 bits per heavy atom. The van der Waals surface area contributed by atoms with E-state index in [2.05, 4.69) is 125 Å². The third-order valence-electron chi connectivity index (χ3n) is 12.9. The highest BCUT2D eigenvalue weighted by atomic mass is 14.3. The van der Waals surface area contributed by atoms with E-state index in [-0.39, 0.29) is 0 Å². The quantitative estimate of drug-likeness (QED) is 0.182. The van der Waals surface area contributed by atoms with Gasteiger partial charge in [-0.2, -0.15) is 0 Å². The number of aryl methyl sites for hydroxylation is 4. The maximum absolute atomic E-state index is 2.39. The van der Waals surface area contributed by atoms with Gasteiger partial charge in [0, 0.05) is 0 Å². The first-order valence-corrected chi connectivity index (χ1v) is 16.5. The molecule has 0 nitrogen and oxygen atoms in total. The molecule has 0 radical (unpaired) electrons. The van der Waals surface area contributed by atoms with Crippen LogP contribution < -0.4 is 0 Å². The van der Waals surface area contributed by atoms with Crippen LogP contribution in [0.3, 0.4) is 0 Å². The predicted molar refractivity (Wildman–Crippen MR) is 198 cm³/mol. The standard InChI is InChI=1S/C44H54/c1-19-21(3)29(11)37(30(12)22(19)4)43-39-33(15)25(7)27(9)35(17)41(39)44(38-31(13)23(5)20(2)24(6)32(38)14)42-36(18)28(10)26(8)34(16)40(42)43/h1-18H3. The van der Waals surface area contributed by atoms with E-state index in [1.54, 1.807) is 0 Å². The molecule has 0 atom stereocenters. The molecule has 0 heteroatoms. The molecule has 5 aromatic rings. The van der Waals surface area contributed by atoms with Crippen molar-refractivity contribution in [2.45, 2.75) is 125 Å². The lowest BCUT2D eigenvalue weighted by Crippen LogP contribution is -2.08. The molecule has 5 aromatic carbocycles. The molecule has 44 heavy (non-hydrogen) atoms. The van der Waals surface area contributed by atoms with Crippen molar-refractivity contribution in [3.8, 4) is 22.3 Å². The first-order valence-electron chi connectivity index (χ1n) is 16.5. The molecule has 0 bridgehead atoms. The third kappa shape index (κ3) is 4.02. The fourth-order valence-corrected chi connectivity index (χ4v) is 8.38. The van der Waals surface area contributed by atoms with Crippen molar-refractivity contribution in [3.05, 3.63) is 100 Å². The zero-order chi connectivity index (χ0) is 33.0. The highest BCUT2D eigenvalue weighted by molar-refractivity contribution is 6.26. The number of hydrogen-bond donors (Lipinski definition) is 0. The van der Waals surface area contributed by atoms with Gasteiger partial charge in [-0.05, 0) is 269 Å². The summed E-state index contributed by atoms with van der Waals surface area (Å²) in [5.74, 6) is 0. The maximum atomic E-state index is 2.39. The molecule has 0 saturated carbocycles. The number of benzene rings is 5. The summed E-state index contributed by atoms with van der Waals surface area (Å²) >= 11 is 0. The summed E-state index contributed by atoms with van der Waals surface area (Å²) in [7, 11) is 0. The van der Waals surface area contributed by atoms with Crippen molar-refractivity contribution >= 4 is 21.5 Å². The fraction of sp³-hybridized carbons (Fsp3) is 0.409. The second-order valence-electron chi connectivity index (χ2n) is 14.2. The van der Waals surface area contributed by atoms with Crippen molar-refractivity contribution in [1.29, 1.82) is 0 Å². The van der Waals surface area contributed by atoms with E-state index in [9.17, 15) is 0 Å². The SMILES string of the molecule is Cc1c(C)c(C)c(-c2c3c(C)c(C)c(C)c(C)c3c(-c3c(C)c(C)c(C)c(C)c3C)c3c(C)c(C)c(C)c(C)c23)c(C)c1C. The van der Waals surface area contributed by atoms with Gasteiger partial charge >= 0.3 is 0 Å². The molecule has 0 aliphatic rings. The van der Waals surface area contributed by atoms with E-state index in [0.29, 0.717) is 0 Å². The van der Waals surface area contributed by atoms with Crippen LogP contribution in [0.1, 0.15) is 100 Å². The van der Waals surface area contributed by atoms with Crippen LogP contribution in [0.25, 0.3) is 43.8 Å². The average molecular weight is 583 g/mol. The van der Waals surface area contributed by atoms with Gasteiger partial charge in [-0.1, -0.05) is 0 Å². The molecule has 0 unspecified atom stereocenters. The minimum Gasteiger partial charge on any atom is -0.0447 e. The topological polar surface area (TPSA) is 0 Å². The molecule has 0 fully saturated rings. The molecule has 0 aromatic heterocycles. The van der Waals surface area contributed by atoms with Gasteiger partial charge in [-0.15, -0.1) is 0 Å². The van der Waals surface area contributed by atoms with Crippen molar-refractivity contribution in [1.82, 2.24) is 0 Å². The van der Waals surface area contributed by atoms with Crippen LogP contribution >= 0.6 is 0 Å². The summed E-state index contributed by atoms with van der Waals surface area (Å²) in [6.07, 6.45) is 0. The van der Waals surface area contributed by atoms with Gasteiger partial charge in [-0.3, -0.25) is 0 Å². The Labute approximate surface area is 267 Å². The van der Waals surface area contributed by atoms with E-state index in [4.69, 9.17) is 0 Å². The zero-order valence-corrected chi connectivity index (χ0v) is 31.0. The average Bonchev–Trinajstić information content (AvgIpc) is 3.00. The van der Waals surface area contributed by atoms with Crippen molar-refractivity contribution < 1.29 is 0 Å². The smallest absolute Gasteiger partial charge is 0.00151 e. The first kappa shape index (κ1) is 32.0. The van der Waals surface area contributed by atoms with Gasteiger partial charge in [0.1, 0.15) is 0 Å². The largest absolute Gasteiger partial charge is 0.0447 e. The lowest BCUT2D eigenvalue weighted by atomic mass is 9.73. The van der Waals surface area contributed by atoms with Gasteiger partial charge in [-0.25, -0.2) is 0 Å². The Kier molecular flexibility index (Phi) is 7.72. The number of hydrogen-bond acceptors (Lipinski definition) is 0. The van der Waals surface area contributed by atoms with Gasteiger partial charge in [0.25, 0.3) is 0 Å².